The summed E-state index contributed by atoms with van der Waals surface area (Å²) >= 11 is 0. The second kappa shape index (κ2) is 5.90. The van der Waals surface area contributed by atoms with Crippen LogP contribution in [-0.4, -0.2) is 35.6 Å². The predicted molar refractivity (Wildman–Crippen MR) is 74.4 cm³/mol. The van der Waals surface area contributed by atoms with Gasteiger partial charge in [-0.3, -0.25) is 0 Å². The summed E-state index contributed by atoms with van der Waals surface area (Å²) in [5, 5.41) is 22.3. The molecule has 19 heavy (non-hydrogen) atoms. The normalized spacial score (nSPS) is 22.0. The number of fused-ring (bicyclic) bond motifs is 1. The highest BCUT2D eigenvalue weighted by molar-refractivity contribution is 5.43. The fourth-order valence-corrected chi connectivity index (χ4v) is 2.37. The monoisotopic (exact) mass is 265 g/mol. The largest absolute Gasteiger partial charge is 0.493 e. The Morgan fingerprint density at radius 3 is 3.00 bits per heavy atom. The van der Waals surface area contributed by atoms with Crippen molar-refractivity contribution in [1.29, 1.82) is 0 Å². The first kappa shape index (κ1) is 14.3. The van der Waals surface area contributed by atoms with Crippen molar-refractivity contribution in [3.8, 4) is 5.75 Å². The van der Waals surface area contributed by atoms with Crippen molar-refractivity contribution in [3.05, 3.63) is 29.3 Å². The zero-order valence-electron chi connectivity index (χ0n) is 11.6. The van der Waals surface area contributed by atoms with Crippen LogP contribution < -0.4 is 10.1 Å². The molecule has 0 radical (unpaired) electrons. The van der Waals surface area contributed by atoms with E-state index in [9.17, 15) is 5.11 Å². The maximum absolute atomic E-state index is 9.88. The zero-order valence-corrected chi connectivity index (χ0v) is 11.6. The van der Waals surface area contributed by atoms with E-state index >= 15 is 0 Å². The van der Waals surface area contributed by atoms with Gasteiger partial charge in [0.25, 0.3) is 0 Å². The molecule has 3 N–H and O–H groups in total. The number of rotatable bonds is 4. The van der Waals surface area contributed by atoms with Crippen LogP contribution in [0.25, 0.3) is 0 Å². The molecule has 0 saturated carbocycles. The Morgan fingerprint density at radius 1 is 1.47 bits per heavy atom. The van der Waals surface area contributed by atoms with Gasteiger partial charge in [0.05, 0.1) is 18.8 Å². The molecule has 0 amide bonds. The molecule has 2 unspecified atom stereocenters. The number of nitrogens with one attached hydrogen (secondary N) is 1. The molecule has 0 bridgehead atoms. The van der Waals surface area contributed by atoms with Crippen molar-refractivity contribution in [2.24, 2.45) is 0 Å². The number of hydrogen-bond donors (Lipinski definition) is 3. The SMILES string of the molecule is Cc1cccc2c1OCCCC2NCC(C)(O)CO. The van der Waals surface area contributed by atoms with Gasteiger partial charge in [0, 0.05) is 18.2 Å². The van der Waals surface area contributed by atoms with Crippen molar-refractivity contribution < 1.29 is 14.9 Å². The third kappa shape index (κ3) is 3.47. The molecule has 2 rings (SSSR count). The molecule has 1 aromatic carbocycles. The lowest BCUT2D eigenvalue weighted by Gasteiger charge is -2.26. The molecule has 4 heteroatoms. The van der Waals surface area contributed by atoms with Crippen molar-refractivity contribution in [2.75, 3.05) is 19.8 Å². The Labute approximate surface area is 114 Å². The van der Waals surface area contributed by atoms with Crippen molar-refractivity contribution >= 4 is 0 Å². The van der Waals surface area contributed by atoms with E-state index in [2.05, 4.69) is 11.4 Å². The van der Waals surface area contributed by atoms with Crippen LogP contribution in [0.1, 0.15) is 36.9 Å². The summed E-state index contributed by atoms with van der Waals surface area (Å²) in [5.74, 6) is 0.959. The van der Waals surface area contributed by atoms with Crippen LogP contribution in [0.15, 0.2) is 18.2 Å². The van der Waals surface area contributed by atoms with Crippen LogP contribution in [0.4, 0.5) is 0 Å². The first-order valence-electron chi connectivity index (χ1n) is 6.82. The Bertz CT molecular complexity index is 431. The Kier molecular flexibility index (Phi) is 4.45. The number of aryl methyl sites for hydroxylation is 1. The van der Waals surface area contributed by atoms with E-state index in [4.69, 9.17) is 9.84 Å². The maximum Gasteiger partial charge on any atom is 0.126 e. The highest BCUT2D eigenvalue weighted by atomic mass is 16.5. The molecular formula is C15H23NO3. The lowest BCUT2D eigenvalue weighted by Crippen LogP contribution is -2.42. The number of aliphatic hydroxyl groups is 2. The molecule has 106 valence electrons. The minimum atomic E-state index is -1.09. The van der Waals surface area contributed by atoms with E-state index in [0.29, 0.717) is 6.54 Å². The highest BCUT2D eigenvalue weighted by Gasteiger charge is 2.24. The summed E-state index contributed by atoms with van der Waals surface area (Å²) in [7, 11) is 0. The van der Waals surface area contributed by atoms with Gasteiger partial charge in [0.2, 0.25) is 0 Å². The zero-order chi connectivity index (χ0) is 13.9. The molecule has 2 atom stereocenters. The average molecular weight is 265 g/mol. The van der Waals surface area contributed by atoms with Crippen LogP contribution in [0.5, 0.6) is 5.75 Å². The van der Waals surface area contributed by atoms with E-state index in [1.165, 1.54) is 0 Å². The summed E-state index contributed by atoms with van der Waals surface area (Å²) in [5.41, 5.74) is 1.20. The molecule has 1 aromatic rings. The van der Waals surface area contributed by atoms with E-state index in [0.717, 1.165) is 36.3 Å². The number of benzene rings is 1. The van der Waals surface area contributed by atoms with Crippen molar-refractivity contribution in [2.45, 2.75) is 38.3 Å². The lowest BCUT2D eigenvalue weighted by molar-refractivity contribution is 0.000504. The Morgan fingerprint density at radius 2 is 2.26 bits per heavy atom. The van der Waals surface area contributed by atoms with Crippen LogP contribution in [0.2, 0.25) is 0 Å². The fourth-order valence-electron chi connectivity index (χ4n) is 2.37. The van der Waals surface area contributed by atoms with Gasteiger partial charge in [-0.05, 0) is 32.3 Å². The molecule has 0 aliphatic carbocycles. The van der Waals surface area contributed by atoms with E-state index < -0.39 is 5.60 Å². The molecule has 0 aromatic heterocycles. The van der Waals surface area contributed by atoms with Gasteiger partial charge in [-0.25, -0.2) is 0 Å². The topological polar surface area (TPSA) is 61.7 Å². The third-order valence-electron chi connectivity index (χ3n) is 3.57. The molecule has 0 saturated heterocycles. The second-order valence-electron chi connectivity index (χ2n) is 5.57. The minimum absolute atomic E-state index is 0.162. The Hall–Kier alpha value is -1.10. The predicted octanol–water partition coefficient (Wildman–Crippen LogP) is 1.54. The van der Waals surface area contributed by atoms with Crippen LogP contribution in [0, 0.1) is 6.92 Å². The first-order chi connectivity index (χ1) is 9.03. The summed E-state index contributed by atoms with van der Waals surface area (Å²) in [4.78, 5) is 0. The summed E-state index contributed by atoms with van der Waals surface area (Å²) in [6.45, 7) is 4.52. The van der Waals surface area contributed by atoms with Crippen LogP contribution in [0.3, 0.4) is 0 Å². The summed E-state index contributed by atoms with van der Waals surface area (Å²) < 4.78 is 5.82. The first-order valence-corrected chi connectivity index (χ1v) is 6.82. The van der Waals surface area contributed by atoms with Gasteiger partial charge in [-0.15, -0.1) is 0 Å². The maximum atomic E-state index is 9.88. The molecule has 1 aliphatic rings. The summed E-state index contributed by atoms with van der Waals surface area (Å²) in [6.07, 6.45) is 1.95. The van der Waals surface area contributed by atoms with E-state index in [-0.39, 0.29) is 12.6 Å². The highest BCUT2D eigenvalue weighted by Crippen LogP contribution is 2.34. The number of aliphatic hydroxyl groups excluding tert-OH is 1. The molecule has 1 heterocycles. The smallest absolute Gasteiger partial charge is 0.126 e. The van der Waals surface area contributed by atoms with Gasteiger partial charge in [-0.1, -0.05) is 18.2 Å². The standard InChI is InChI=1S/C15H23NO3/c1-11-5-3-6-12-13(7-4-8-19-14(11)12)16-9-15(2,18)10-17/h3,5-6,13,16-18H,4,7-10H2,1-2H3. The average Bonchev–Trinajstić information content (AvgIpc) is 2.60. The molecule has 0 spiro atoms. The number of ether oxygens (including phenoxy) is 1. The van der Waals surface area contributed by atoms with E-state index in [1.54, 1.807) is 6.92 Å². The van der Waals surface area contributed by atoms with Gasteiger partial charge >= 0.3 is 0 Å². The number of para-hydroxylation sites is 1. The van der Waals surface area contributed by atoms with Gasteiger partial charge in [-0.2, -0.15) is 0 Å². The number of hydrogen-bond acceptors (Lipinski definition) is 4. The van der Waals surface area contributed by atoms with Crippen LogP contribution in [-0.2, 0) is 0 Å². The quantitative estimate of drug-likeness (QED) is 0.773. The Balaban J connectivity index is 2.16. The van der Waals surface area contributed by atoms with Crippen LogP contribution >= 0.6 is 0 Å². The van der Waals surface area contributed by atoms with Crippen molar-refractivity contribution in [3.63, 3.8) is 0 Å². The minimum Gasteiger partial charge on any atom is -0.493 e. The molecular weight excluding hydrogens is 242 g/mol. The fraction of sp³-hybridized carbons (Fsp3) is 0.600. The van der Waals surface area contributed by atoms with E-state index in [1.807, 2.05) is 19.1 Å². The van der Waals surface area contributed by atoms with Crippen molar-refractivity contribution in [1.82, 2.24) is 5.32 Å². The van der Waals surface area contributed by atoms with Gasteiger partial charge in [0.1, 0.15) is 5.75 Å². The molecule has 4 nitrogen and oxygen atoms in total. The van der Waals surface area contributed by atoms with Gasteiger partial charge in [0.15, 0.2) is 0 Å². The summed E-state index contributed by atoms with van der Waals surface area (Å²) in [6, 6.07) is 6.31. The third-order valence-corrected chi connectivity index (χ3v) is 3.57. The lowest BCUT2D eigenvalue weighted by atomic mass is 9.98. The molecule has 1 aliphatic heterocycles. The van der Waals surface area contributed by atoms with Gasteiger partial charge < -0.3 is 20.3 Å². The molecule has 0 fully saturated rings. The second-order valence-corrected chi connectivity index (χ2v) is 5.57.